The van der Waals surface area contributed by atoms with Crippen LogP contribution in [0, 0.1) is 0 Å². The third-order valence-electron chi connectivity index (χ3n) is 2.85. The van der Waals surface area contributed by atoms with E-state index in [1.54, 1.807) is 4.68 Å². The van der Waals surface area contributed by atoms with Crippen LogP contribution in [0.2, 0.25) is 0 Å². The van der Waals surface area contributed by atoms with Gasteiger partial charge >= 0.3 is 5.97 Å². The van der Waals surface area contributed by atoms with Crippen LogP contribution in [0.25, 0.3) is 0 Å². The molecule has 1 saturated heterocycles. The Morgan fingerprint density at radius 1 is 1.71 bits per heavy atom. The number of methoxy groups -OCH3 is 1. The van der Waals surface area contributed by atoms with Crippen molar-refractivity contribution in [3.63, 3.8) is 0 Å². The maximum Gasteiger partial charge on any atom is 0.360 e. The first kappa shape index (κ1) is 12.0. The van der Waals surface area contributed by atoms with Crippen LogP contribution in [0.3, 0.4) is 0 Å². The van der Waals surface area contributed by atoms with Gasteiger partial charge in [0.2, 0.25) is 0 Å². The van der Waals surface area contributed by atoms with E-state index < -0.39 is 5.97 Å². The minimum atomic E-state index is -0.488. The third-order valence-corrected chi connectivity index (χ3v) is 2.85. The van der Waals surface area contributed by atoms with Crippen molar-refractivity contribution in [1.29, 1.82) is 0 Å². The lowest BCUT2D eigenvalue weighted by atomic mass is 10.1. The van der Waals surface area contributed by atoms with Gasteiger partial charge in [-0.05, 0) is 19.4 Å². The molecule has 1 atom stereocenters. The van der Waals surface area contributed by atoms with Gasteiger partial charge in [0.15, 0.2) is 5.69 Å². The van der Waals surface area contributed by atoms with Gasteiger partial charge in [-0.3, -0.25) is 0 Å². The quantitative estimate of drug-likeness (QED) is 0.688. The topological polar surface area (TPSA) is 89.3 Å². The zero-order chi connectivity index (χ0) is 12.3. The molecule has 1 aromatic rings. The summed E-state index contributed by atoms with van der Waals surface area (Å²) in [6.45, 7) is 1.21. The van der Waals surface area contributed by atoms with E-state index in [9.17, 15) is 4.79 Å². The van der Waals surface area contributed by atoms with E-state index >= 15 is 0 Å². The van der Waals surface area contributed by atoms with Crippen LogP contribution in [0.5, 0.6) is 0 Å². The van der Waals surface area contributed by atoms with Crippen LogP contribution in [0.15, 0.2) is 0 Å². The fourth-order valence-corrected chi connectivity index (χ4v) is 2.09. The molecule has 0 aliphatic carbocycles. The van der Waals surface area contributed by atoms with Crippen molar-refractivity contribution < 1.29 is 14.6 Å². The molecule has 0 amide bonds. The van der Waals surface area contributed by atoms with Crippen molar-refractivity contribution in [2.75, 3.05) is 20.3 Å². The van der Waals surface area contributed by atoms with Gasteiger partial charge in [-0.15, -0.1) is 5.10 Å². The number of nitrogens with zero attached hydrogens (tertiary/aromatic N) is 3. The Hall–Kier alpha value is -1.47. The van der Waals surface area contributed by atoms with Crippen LogP contribution in [0.1, 0.15) is 35.1 Å². The zero-order valence-corrected chi connectivity index (χ0v) is 9.72. The number of rotatable bonds is 4. The van der Waals surface area contributed by atoms with E-state index in [4.69, 9.17) is 5.11 Å². The molecule has 7 heteroatoms. The van der Waals surface area contributed by atoms with Gasteiger partial charge in [-0.25, -0.2) is 9.48 Å². The predicted molar refractivity (Wildman–Crippen MR) is 58.4 cm³/mol. The summed E-state index contributed by atoms with van der Waals surface area (Å²) in [7, 11) is 1.32. The Labute approximate surface area is 98.8 Å². The van der Waals surface area contributed by atoms with Crippen molar-refractivity contribution in [1.82, 2.24) is 20.3 Å². The summed E-state index contributed by atoms with van der Waals surface area (Å²) in [5, 5.41) is 20.0. The Morgan fingerprint density at radius 3 is 3.12 bits per heavy atom. The number of carbonyl (C=O) groups is 1. The van der Waals surface area contributed by atoms with E-state index in [1.165, 1.54) is 7.11 Å². The molecule has 1 fully saturated rings. The second kappa shape index (κ2) is 5.24. The van der Waals surface area contributed by atoms with Gasteiger partial charge in [-0.2, -0.15) is 0 Å². The molecule has 0 radical (unpaired) electrons. The molecule has 2 heterocycles. The first-order valence-electron chi connectivity index (χ1n) is 5.64. The minimum Gasteiger partial charge on any atom is -0.464 e. The van der Waals surface area contributed by atoms with Gasteiger partial charge in [0.25, 0.3) is 0 Å². The molecule has 17 heavy (non-hydrogen) atoms. The molecule has 0 bridgehead atoms. The summed E-state index contributed by atoms with van der Waals surface area (Å²) < 4.78 is 6.25. The molecule has 94 valence electrons. The smallest absolute Gasteiger partial charge is 0.360 e. The summed E-state index contributed by atoms with van der Waals surface area (Å²) in [5.41, 5.74) is 0.948. The monoisotopic (exact) mass is 240 g/mol. The first-order chi connectivity index (χ1) is 8.27. The number of aromatic nitrogens is 3. The van der Waals surface area contributed by atoms with Gasteiger partial charge < -0.3 is 15.2 Å². The van der Waals surface area contributed by atoms with Crippen molar-refractivity contribution in [3.05, 3.63) is 11.4 Å². The Kier molecular flexibility index (Phi) is 3.70. The molecule has 7 nitrogen and oxygen atoms in total. The van der Waals surface area contributed by atoms with Crippen LogP contribution in [0.4, 0.5) is 0 Å². The molecule has 0 saturated carbocycles. The highest BCUT2D eigenvalue weighted by molar-refractivity contribution is 5.88. The molecule has 0 aromatic carbocycles. The third kappa shape index (κ3) is 2.29. The predicted octanol–water partition coefficient (Wildman–Crippen LogP) is -0.519. The highest BCUT2D eigenvalue weighted by Gasteiger charge is 2.28. The Morgan fingerprint density at radius 2 is 2.53 bits per heavy atom. The van der Waals surface area contributed by atoms with Gasteiger partial charge in [0, 0.05) is 0 Å². The second-order valence-electron chi connectivity index (χ2n) is 3.91. The van der Waals surface area contributed by atoms with Crippen molar-refractivity contribution >= 4 is 5.97 Å². The Bertz CT molecular complexity index is 398. The number of aliphatic hydroxyl groups excluding tert-OH is 1. The fourth-order valence-electron chi connectivity index (χ4n) is 2.09. The number of aliphatic hydroxyl groups is 1. The van der Waals surface area contributed by atoms with Crippen LogP contribution in [-0.2, 0) is 11.3 Å². The average molecular weight is 240 g/mol. The lowest BCUT2D eigenvalue weighted by Gasteiger charge is -2.12. The zero-order valence-electron chi connectivity index (χ0n) is 9.72. The summed E-state index contributed by atoms with van der Waals surface area (Å²) in [6, 6.07) is 0.0608. The maximum atomic E-state index is 11.6. The molecule has 0 spiro atoms. The number of nitrogens with one attached hydrogen (secondary N) is 1. The molecular formula is C10H16N4O3. The summed E-state index contributed by atoms with van der Waals surface area (Å²) >= 11 is 0. The molecule has 1 aromatic heterocycles. The fraction of sp³-hybridized carbons (Fsp3) is 0.700. The van der Waals surface area contributed by atoms with Crippen molar-refractivity contribution in [3.8, 4) is 0 Å². The largest absolute Gasteiger partial charge is 0.464 e. The van der Waals surface area contributed by atoms with Crippen LogP contribution >= 0.6 is 0 Å². The molecule has 2 N–H and O–H groups in total. The second-order valence-corrected chi connectivity index (χ2v) is 3.91. The molecule has 1 aliphatic rings. The van der Waals surface area contributed by atoms with Crippen molar-refractivity contribution in [2.45, 2.75) is 25.4 Å². The van der Waals surface area contributed by atoms with Crippen molar-refractivity contribution in [2.24, 2.45) is 0 Å². The summed E-state index contributed by atoms with van der Waals surface area (Å²) in [5.74, 6) is -0.488. The van der Waals surface area contributed by atoms with E-state index in [0.717, 1.165) is 19.4 Å². The van der Waals surface area contributed by atoms with E-state index in [0.29, 0.717) is 12.2 Å². The van der Waals surface area contributed by atoms with E-state index in [-0.39, 0.29) is 18.3 Å². The molecule has 2 rings (SSSR count). The van der Waals surface area contributed by atoms with E-state index in [1.807, 2.05) is 0 Å². The Balaban J connectivity index is 2.34. The highest BCUT2D eigenvalue weighted by Crippen LogP contribution is 2.25. The van der Waals surface area contributed by atoms with Gasteiger partial charge in [-0.1, -0.05) is 5.21 Å². The SMILES string of the molecule is COC(=O)c1nnn(CCO)c1C1CCCN1. The molecular weight excluding hydrogens is 224 g/mol. The maximum absolute atomic E-state index is 11.6. The van der Waals surface area contributed by atoms with E-state index in [2.05, 4.69) is 20.4 Å². The lowest BCUT2D eigenvalue weighted by molar-refractivity contribution is 0.0591. The first-order valence-corrected chi connectivity index (χ1v) is 5.64. The minimum absolute atomic E-state index is 0.0380. The highest BCUT2D eigenvalue weighted by atomic mass is 16.5. The van der Waals surface area contributed by atoms with Gasteiger partial charge in [0.05, 0.1) is 32.0 Å². The lowest BCUT2D eigenvalue weighted by Crippen LogP contribution is -2.21. The molecule has 1 unspecified atom stereocenters. The van der Waals surface area contributed by atoms with Gasteiger partial charge in [0.1, 0.15) is 0 Å². The summed E-state index contributed by atoms with van der Waals surface area (Å²) in [4.78, 5) is 11.6. The number of ether oxygens (including phenoxy) is 1. The standard InChI is InChI=1S/C10H16N4O3/c1-17-10(16)8-9(7-3-2-4-11-7)14(5-6-15)13-12-8/h7,11,15H,2-6H2,1H3. The normalized spacial score (nSPS) is 19.5. The number of hydrogen-bond donors (Lipinski definition) is 2. The molecule has 1 aliphatic heterocycles. The van der Waals surface area contributed by atoms with Crippen LogP contribution < -0.4 is 5.32 Å². The summed E-state index contributed by atoms with van der Waals surface area (Å²) in [6.07, 6.45) is 1.98. The van der Waals surface area contributed by atoms with Crippen LogP contribution in [-0.4, -0.2) is 46.3 Å². The number of hydrogen-bond acceptors (Lipinski definition) is 6. The average Bonchev–Trinajstić information content (AvgIpc) is 2.96. The number of carbonyl (C=O) groups excluding carboxylic acids is 1. The number of esters is 1.